The number of rotatable bonds is 7. The lowest BCUT2D eigenvalue weighted by atomic mass is 10.1. The van der Waals surface area contributed by atoms with Crippen molar-refractivity contribution in [1.29, 1.82) is 0 Å². The van der Waals surface area contributed by atoms with Gasteiger partial charge in [0.2, 0.25) is 21.8 Å². The standard InChI is InChI=1S/C16H22ClN5O6S.ClH/c1-9(18)15(24)19-7-14(23)20-11-6-13(16(25)21-26)22(8-11)29(27,28)12-4-2-10(17)3-5-12;/h2-5,9,11,13,26H,6-8,18H2,1H3,(H,19,24)(H,20,23)(H,21,25);1H/t9-,11-,13-;/m0./s1. The van der Waals surface area contributed by atoms with E-state index in [1.807, 2.05) is 0 Å². The highest BCUT2D eigenvalue weighted by Gasteiger charge is 2.44. The molecule has 0 aliphatic carbocycles. The Morgan fingerprint density at radius 2 is 1.90 bits per heavy atom. The molecule has 168 valence electrons. The zero-order valence-electron chi connectivity index (χ0n) is 15.9. The van der Waals surface area contributed by atoms with Gasteiger partial charge < -0.3 is 16.4 Å². The number of nitrogens with two attached hydrogens (primary N) is 1. The highest BCUT2D eigenvalue weighted by atomic mass is 35.5. The number of hydrogen-bond acceptors (Lipinski definition) is 7. The lowest BCUT2D eigenvalue weighted by Gasteiger charge is -2.22. The molecule has 0 saturated carbocycles. The third-order valence-electron chi connectivity index (χ3n) is 4.29. The quantitative estimate of drug-likeness (QED) is 0.244. The summed E-state index contributed by atoms with van der Waals surface area (Å²) in [6, 6.07) is 2.65. The van der Waals surface area contributed by atoms with Crippen LogP contribution in [-0.4, -0.2) is 66.9 Å². The van der Waals surface area contributed by atoms with E-state index < -0.39 is 45.9 Å². The van der Waals surface area contributed by atoms with Gasteiger partial charge in [0.25, 0.3) is 5.91 Å². The van der Waals surface area contributed by atoms with Crippen LogP contribution in [0.2, 0.25) is 5.02 Å². The maximum atomic E-state index is 12.9. The maximum absolute atomic E-state index is 12.9. The summed E-state index contributed by atoms with van der Waals surface area (Å²) in [5, 5.41) is 14.2. The van der Waals surface area contributed by atoms with E-state index in [9.17, 15) is 22.8 Å². The molecule has 11 nitrogen and oxygen atoms in total. The molecule has 0 radical (unpaired) electrons. The highest BCUT2D eigenvalue weighted by molar-refractivity contribution is 7.89. The first-order valence-corrected chi connectivity index (χ1v) is 10.4. The van der Waals surface area contributed by atoms with Gasteiger partial charge >= 0.3 is 0 Å². The summed E-state index contributed by atoms with van der Waals surface area (Å²) in [5.41, 5.74) is 6.84. The molecule has 1 aliphatic heterocycles. The Morgan fingerprint density at radius 1 is 1.30 bits per heavy atom. The van der Waals surface area contributed by atoms with Crippen molar-refractivity contribution >= 4 is 51.8 Å². The lowest BCUT2D eigenvalue weighted by Crippen LogP contribution is -2.46. The van der Waals surface area contributed by atoms with E-state index in [0.29, 0.717) is 5.02 Å². The van der Waals surface area contributed by atoms with E-state index in [0.717, 1.165) is 4.31 Å². The number of sulfonamides is 1. The zero-order chi connectivity index (χ0) is 21.8. The number of halogens is 2. The van der Waals surface area contributed by atoms with Crippen LogP contribution in [-0.2, 0) is 24.4 Å². The molecule has 0 bridgehead atoms. The number of nitrogens with zero attached hydrogens (tertiary/aromatic N) is 1. The molecule has 1 aliphatic rings. The average molecular weight is 484 g/mol. The van der Waals surface area contributed by atoms with E-state index in [1.54, 1.807) is 0 Å². The summed E-state index contributed by atoms with van der Waals surface area (Å²) in [7, 11) is -4.10. The van der Waals surface area contributed by atoms with Gasteiger partial charge in [0.1, 0.15) is 6.04 Å². The Bertz CT molecular complexity index is 881. The Morgan fingerprint density at radius 3 is 2.43 bits per heavy atom. The van der Waals surface area contributed by atoms with Gasteiger partial charge in [0.15, 0.2) is 0 Å². The predicted octanol–water partition coefficient (Wildman–Crippen LogP) is -1.02. The van der Waals surface area contributed by atoms with Crippen molar-refractivity contribution in [2.75, 3.05) is 13.1 Å². The van der Waals surface area contributed by atoms with Gasteiger partial charge in [-0.25, -0.2) is 13.9 Å². The van der Waals surface area contributed by atoms with Crippen molar-refractivity contribution in [2.24, 2.45) is 5.73 Å². The molecule has 0 spiro atoms. The highest BCUT2D eigenvalue weighted by Crippen LogP contribution is 2.27. The molecule has 1 saturated heterocycles. The Balaban J connectivity index is 0.00000450. The molecule has 1 aromatic carbocycles. The molecule has 30 heavy (non-hydrogen) atoms. The summed E-state index contributed by atoms with van der Waals surface area (Å²) in [5.74, 6) is -2.02. The Kier molecular flexibility index (Phi) is 9.46. The van der Waals surface area contributed by atoms with Gasteiger partial charge in [0, 0.05) is 17.6 Å². The van der Waals surface area contributed by atoms with Crippen LogP contribution in [0.5, 0.6) is 0 Å². The first-order valence-electron chi connectivity index (χ1n) is 8.60. The second kappa shape index (κ2) is 10.9. The van der Waals surface area contributed by atoms with Crippen molar-refractivity contribution in [2.45, 2.75) is 36.4 Å². The first-order chi connectivity index (χ1) is 13.6. The van der Waals surface area contributed by atoms with Crippen molar-refractivity contribution in [3.63, 3.8) is 0 Å². The number of carbonyl (C=O) groups excluding carboxylic acids is 3. The van der Waals surface area contributed by atoms with Crippen LogP contribution in [0.15, 0.2) is 29.2 Å². The second-order valence-corrected chi connectivity index (χ2v) is 8.85. The SMILES string of the molecule is C[C@H](N)C(=O)NCC(=O)N[C@H]1C[C@@H](C(=O)NO)N(S(=O)(=O)c2ccc(Cl)cc2)C1.Cl. The smallest absolute Gasteiger partial charge is 0.261 e. The zero-order valence-corrected chi connectivity index (χ0v) is 18.3. The van der Waals surface area contributed by atoms with Crippen LogP contribution in [0.1, 0.15) is 13.3 Å². The second-order valence-electron chi connectivity index (χ2n) is 6.53. The minimum absolute atomic E-state index is 0. The largest absolute Gasteiger partial charge is 0.350 e. The fourth-order valence-corrected chi connectivity index (χ4v) is 4.61. The van der Waals surface area contributed by atoms with Crippen LogP contribution in [0.25, 0.3) is 0 Å². The van der Waals surface area contributed by atoms with Crippen molar-refractivity contribution in [3.8, 4) is 0 Å². The van der Waals surface area contributed by atoms with Gasteiger partial charge in [-0.1, -0.05) is 11.6 Å². The molecular formula is C16H23Cl2N5O6S. The van der Waals surface area contributed by atoms with Crippen molar-refractivity contribution in [3.05, 3.63) is 29.3 Å². The van der Waals surface area contributed by atoms with E-state index in [-0.39, 0.29) is 36.8 Å². The van der Waals surface area contributed by atoms with E-state index >= 15 is 0 Å². The molecule has 3 atom stereocenters. The monoisotopic (exact) mass is 483 g/mol. The van der Waals surface area contributed by atoms with Crippen LogP contribution in [0, 0.1) is 0 Å². The number of carbonyl (C=O) groups is 3. The fraction of sp³-hybridized carbons (Fsp3) is 0.438. The molecule has 0 unspecified atom stereocenters. The molecule has 2 rings (SSSR count). The van der Waals surface area contributed by atoms with Gasteiger partial charge in [-0.2, -0.15) is 4.31 Å². The number of hydroxylamine groups is 1. The summed E-state index contributed by atoms with van der Waals surface area (Å²) in [4.78, 5) is 35.4. The molecule has 6 N–H and O–H groups in total. The summed E-state index contributed by atoms with van der Waals surface area (Å²) in [6.07, 6.45) is -0.0633. The third kappa shape index (κ3) is 6.27. The molecule has 14 heteroatoms. The van der Waals surface area contributed by atoms with Crippen LogP contribution in [0.3, 0.4) is 0 Å². The molecule has 3 amide bonds. The van der Waals surface area contributed by atoms with Gasteiger partial charge in [-0.05, 0) is 37.6 Å². The number of nitrogens with one attached hydrogen (secondary N) is 3. The summed E-state index contributed by atoms with van der Waals surface area (Å²) in [6.45, 7) is 0.912. The summed E-state index contributed by atoms with van der Waals surface area (Å²) < 4.78 is 26.8. The van der Waals surface area contributed by atoms with E-state index in [2.05, 4.69) is 10.6 Å². The molecule has 1 fully saturated rings. The van der Waals surface area contributed by atoms with E-state index in [4.69, 9.17) is 22.5 Å². The first kappa shape index (κ1) is 26.1. The number of benzene rings is 1. The Labute approximate surface area is 184 Å². The topological polar surface area (TPSA) is 171 Å². The fourth-order valence-electron chi connectivity index (χ4n) is 2.84. The van der Waals surface area contributed by atoms with Gasteiger partial charge in [-0.3, -0.25) is 19.6 Å². The van der Waals surface area contributed by atoms with Crippen LogP contribution in [0.4, 0.5) is 0 Å². The third-order valence-corrected chi connectivity index (χ3v) is 6.43. The van der Waals surface area contributed by atoms with Gasteiger partial charge in [-0.15, -0.1) is 12.4 Å². The summed E-state index contributed by atoms with van der Waals surface area (Å²) >= 11 is 5.78. The minimum atomic E-state index is -4.10. The molecule has 1 heterocycles. The normalized spacial score (nSPS) is 20.0. The van der Waals surface area contributed by atoms with Crippen LogP contribution >= 0.6 is 24.0 Å². The lowest BCUT2D eigenvalue weighted by molar-refractivity contribution is -0.132. The number of amides is 3. The van der Waals surface area contributed by atoms with Crippen molar-refractivity contribution < 1.29 is 28.0 Å². The molecular weight excluding hydrogens is 461 g/mol. The van der Waals surface area contributed by atoms with Crippen LogP contribution < -0.4 is 21.8 Å². The average Bonchev–Trinajstić information content (AvgIpc) is 3.10. The molecule has 0 aromatic heterocycles. The van der Waals surface area contributed by atoms with Crippen molar-refractivity contribution in [1.82, 2.24) is 20.4 Å². The molecule has 1 aromatic rings. The van der Waals surface area contributed by atoms with E-state index in [1.165, 1.54) is 36.7 Å². The number of hydrogen-bond donors (Lipinski definition) is 5. The van der Waals surface area contributed by atoms with Gasteiger partial charge in [0.05, 0.1) is 17.5 Å². The Hall–Kier alpha value is -1.96. The minimum Gasteiger partial charge on any atom is -0.350 e. The maximum Gasteiger partial charge on any atom is 0.261 e. The predicted molar refractivity (Wildman–Crippen MR) is 110 cm³/mol.